The van der Waals surface area contributed by atoms with Crippen LogP contribution in [-0.2, 0) is 13.1 Å². The van der Waals surface area contributed by atoms with Crippen LogP contribution in [0.15, 0.2) is 47.1 Å². The van der Waals surface area contributed by atoms with Crippen molar-refractivity contribution in [2.75, 3.05) is 5.32 Å². The van der Waals surface area contributed by atoms with Crippen LogP contribution >= 0.6 is 11.6 Å². The molecule has 0 spiro atoms. The van der Waals surface area contributed by atoms with Gasteiger partial charge in [0, 0.05) is 0 Å². The number of carbonyl (C=O) groups is 1. The number of amides is 1. The number of anilines is 1. The van der Waals surface area contributed by atoms with Gasteiger partial charge in [-0.15, -0.1) is 5.10 Å². The summed E-state index contributed by atoms with van der Waals surface area (Å²) >= 11 is 6.16. The van der Waals surface area contributed by atoms with E-state index in [9.17, 15) is 9.18 Å². The molecule has 8 nitrogen and oxygen atoms in total. The van der Waals surface area contributed by atoms with E-state index in [0.717, 1.165) is 17.0 Å². The maximum absolute atomic E-state index is 13.3. The molecule has 0 aliphatic heterocycles. The molecule has 0 saturated heterocycles. The van der Waals surface area contributed by atoms with Crippen molar-refractivity contribution in [3.05, 3.63) is 82.0 Å². The Bertz CT molecular complexity index is 1210. The molecule has 154 valence electrons. The summed E-state index contributed by atoms with van der Waals surface area (Å²) in [6.07, 6.45) is 1.46. The first-order valence-electron chi connectivity index (χ1n) is 9.12. The summed E-state index contributed by atoms with van der Waals surface area (Å²) < 4.78 is 22.1. The van der Waals surface area contributed by atoms with Crippen molar-refractivity contribution in [1.29, 1.82) is 0 Å². The van der Waals surface area contributed by atoms with Gasteiger partial charge in [0.1, 0.15) is 17.9 Å². The van der Waals surface area contributed by atoms with E-state index in [1.54, 1.807) is 28.9 Å². The third-order valence-corrected chi connectivity index (χ3v) is 5.03. The summed E-state index contributed by atoms with van der Waals surface area (Å²) in [4.78, 5) is 16.5. The molecule has 0 unspecified atom stereocenters. The summed E-state index contributed by atoms with van der Waals surface area (Å²) in [7, 11) is 0. The van der Waals surface area contributed by atoms with Gasteiger partial charge < -0.3 is 4.42 Å². The Hall–Kier alpha value is -3.46. The van der Waals surface area contributed by atoms with Crippen LogP contribution < -0.4 is 5.32 Å². The molecular formula is C20H18ClFN6O2. The van der Waals surface area contributed by atoms with Crippen molar-refractivity contribution in [2.24, 2.45) is 0 Å². The van der Waals surface area contributed by atoms with Crippen molar-refractivity contribution in [3.8, 4) is 0 Å². The number of hydrogen-bond donors (Lipinski definition) is 1. The molecule has 1 N–H and O–H groups in total. The van der Waals surface area contributed by atoms with E-state index in [4.69, 9.17) is 16.0 Å². The molecule has 0 atom stereocenters. The molecule has 0 bridgehead atoms. The minimum atomic E-state index is -0.476. The largest absolute Gasteiger partial charge is 0.454 e. The van der Waals surface area contributed by atoms with Gasteiger partial charge >= 0.3 is 0 Å². The summed E-state index contributed by atoms with van der Waals surface area (Å²) in [6, 6.07) is 9.47. The molecule has 0 saturated carbocycles. The zero-order valence-electron chi connectivity index (χ0n) is 16.3. The zero-order chi connectivity index (χ0) is 21.3. The van der Waals surface area contributed by atoms with E-state index in [1.165, 1.54) is 23.1 Å². The van der Waals surface area contributed by atoms with Crippen molar-refractivity contribution in [2.45, 2.75) is 26.9 Å². The van der Waals surface area contributed by atoms with E-state index in [2.05, 4.69) is 20.5 Å². The molecular weight excluding hydrogens is 411 g/mol. The van der Waals surface area contributed by atoms with Crippen LogP contribution in [0.25, 0.3) is 0 Å². The highest BCUT2D eigenvalue weighted by Crippen LogP contribution is 2.20. The molecule has 1 aromatic carbocycles. The second-order valence-corrected chi connectivity index (χ2v) is 7.14. The van der Waals surface area contributed by atoms with Gasteiger partial charge in [-0.1, -0.05) is 23.7 Å². The third kappa shape index (κ3) is 4.25. The number of benzene rings is 1. The molecule has 1 amide bonds. The molecule has 0 fully saturated rings. The van der Waals surface area contributed by atoms with Crippen LogP contribution in [0.1, 0.15) is 33.3 Å². The number of furan rings is 1. The smallest absolute Gasteiger partial charge is 0.293 e. The highest BCUT2D eigenvalue weighted by molar-refractivity contribution is 6.31. The number of nitrogens with zero attached hydrogens (tertiary/aromatic N) is 5. The number of aryl methyl sites for hydroxylation is 1. The van der Waals surface area contributed by atoms with Crippen molar-refractivity contribution in [1.82, 2.24) is 24.5 Å². The van der Waals surface area contributed by atoms with E-state index in [-0.39, 0.29) is 17.5 Å². The zero-order valence-corrected chi connectivity index (χ0v) is 17.0. The number of halogens is 2. The minimum Gasteiger partial charge on any atom is -0.454 e. The number of rotatable bonds is 6. The molecule has 0 aliphatic rings. The minimum absolute atomic E-state index is 0.124. The summed E-state index contributed by atoms with van der Waals surface area (Å²) in [5, 5.41) is 11.7. The number of nitrogens with one attached hydrogen (secondary N) is 1. The Labute approximate surface area is 176 Å². The second-order valence-electron chi connectivity index (χ2n) is 6.76. The van der Waals surface area contributed by atoms with Gasteiger partial charge in [-0.3, -0.25) is 14.8 Å². The highest BCUT2D eigenvalue weighted by atomic mass is 35.5. The lowest BCUT2D eigenvalue weighted by Gasteiger charge is -2.02. The topological polar surface area (TPSA) is 90.8 Å². The first kappa shape index (κ1) is 19.8. The standard InChI is InChI=1S/C20H18ClFN6O2/c1-12-18(21)13(2)28(25-12)10-16-6-7-17(30-16)19(29)24-20-23-11-27(26-20)9-14-4-3-5-15(22)8-14/h3-8,11H,9-10H2,1-2H3,(H,24,26,29). The van der Waals surface area contributed by atoms with Crippen LogP contribution in [0.4, 0.5) is 10.3 Å². The molecule has 4 rings (SSSR count). The van der Waals surface area contributed by atoms with E-state index < -0.39 is 5.91 Å². The Morgan fingerprint density at radius 3 is 2.77 bits per heavy atom. The maximum Gasteiger partial charge on any atom is 0.293 e. The van der Waals surface area contributed by atoms with Crippen LogP contribution in [0.5, 0.6) is 0 Å². The van der Waals surface area contributed by atoms with E-state index in [0.29, 0.717) is 23.9 Å². The normalized spacial score (nSPS) is 11.1. The summed E-state index contributed by atoms with van der Waals surface area (Å²) in [5.41, 5.74) is 2.29. The van der Waals surface area contributed by atoms with Crippen LogP contribution in [0.3, 0.4) is 0 Å². The fourth-order valence-corrected chi connectivity index (χ4v) is 3.11. The predicted octanol–water partition coefficient (Wildman–Crippen LogP) is 3.83. The molecule has 0 aliphatic carbocycles. The summed E-state index contributed by atoms with van der Waals surface area (Å²) in [5.74, 6) is 0.0134. The average molecular weight is 429 g/mol. The van der Waals surface area contributed by atoms with Crippen LogP contribution in [-0.4, -0.2) is 30.5 Å². The van der Waals surface area contributed by atoms with Gasteiger partial charge in [0.2, 0.25) is 5.95 Å². The number of aromatic nitrogens is 5. The van der Waals surface area contributed by atoms with Crippen LogP contribution in [0.2, 0.25) is 5.02 Å². The van der Waals surface area contributed by atoms with Crippen molar-refractivity contribution >= 4 is 23.5 Å². The maximum atomic E-state index is 13.3. The van der Waals surface area contributed by atoms with Gasteiger partial charge in [-0.2, -0.15) is 5.10 Å². The third-order valence-electron chi connectivity index (χ3n) is 4.48. The number of carbonyl (C=O) groups excluding carboxylic acids is 1. The molecule has 30 heavy (non-hydrogen) atoms. The lowest BCUT2D eigenvalue weighted by Crippen LogP contribution is -2.13. The van der Waals surface area contributed by atoms with Crippen LogP contribution in [0, 0.1) is 19.7 Å². The monoisotopic (exact) mass is 428 g/mol. The molecule has 0 radical (unpaired) electrons. The Kier molecular flexibility index (Phi) is 5.37. The molecule has 3 aromatic heterocycles. The fraction of sp³-hybridized carbons (Fsp3) is 0.200. The van der Waals surface area contributed by atoms with Gasteiger partial charge in [-0.05, 0) is 43.7 Å². The summed E-state index contributed by atoms with van der Waals surface area (Å²) in [6.45, 7) is 4.38. The van der Waals surface area contributed by atoms with Gasteiger partial charge in [0.25, 0.3) is 5.91 Å². The lowest BCUT2D eigenvalue weighted by atomic mass is 10.2. The Balaban J connectivity index is 1.40. The SMILES string of the molecule is Cc1nn(Cc2ccc(C(=O)Nc3ncn(Cc4cccc(F)c4)n3)o2)c(C)c1Cl. The van der Waals surface area contributed by atoms with Gasteiger partial charge in [0.15, 0.2) is 5.76 Å². The fourth-order valence-electron chi connectivity index (χ4n) is 2.98. The van der Waals surface area contributed by atoms with Crippen molar-refractivity contribution < 1.29 is 13.6 Å². The first-order chi connectivity index (χ1) is 14.4. The predicted molar refractivity (Wildman–Crippen MR) is 108 cm³/mol. The van der Waals surface area contributed by atoms with Crippen molar-refractivity contribution in [3.63, 3.8) is 0 Å². The van der Waals surface area contributed by atoms with E-state index in [1.807, 2.05) is 13.8 Å². The average Bonchev–Trinajstić information content (AvgIpc) is 3.40. The second kappa shape index (κ2) is 8.11. The van der Waals surface area contributed by atoms with E-state index >= 15 is 0 Å². The number of hydrogen-bond acceptors (Lipinski definition) is 5. The molecule has 4 aromatic rings. The highest BCUT2D eigenvalue weighted by Gasteiger charge is 2.16. The quantitative estimate of drug-likeness (QED) is 0.504. The first-order valence-corrected chi connectivity index (χ1v) is 9.50. The molecule has 3 heterocycles. The molecule has 10 heteroatoms. The van der Waals surface area contributed by atoms with Gasteiger partial charge in [-0.25, -0.2) is 14.1 Å². The Morgan fingerprint density at radius 2 is 2.03 bits per heavy atom. The lowest BCUT2D eigenvalue weighted by molar-refractivity contribution is 0.0993. The Morgan fingerprint density at radius 1 is 1.20 bits per heavy atom. The van der Waals surface area contributed by atoms with Gasteiger partial charge in [0.05, 0.1) is 29.5 Å².